The Kier molecular flexibility index (Phi) is 3.84. The van der Waals surface area contributed by atoms with Gasteiger partial charge in [0.1, 0.15) is 0 Å². The molecule has 4 rings (SSSR count). The summed E-state index contributed by atoms with van der Waals surface area (Å²) in [7, 11) is 0. The molecule has 0 aromatic carbocycles. The summed E-state index contributed by atoms with van der Waals surface area (Å²) in [5.74, 6) is 1.17. The van der Waals surface area contributed by atoms with Gasteiger partial charge in [-0.1, -0.05) is 0 Å². The topological polar surface area (TPSA) is 80.0 Å². The fourth-order valence-corrected chi connectivity index (χ4v) is 4.51. The molecule has 2 aliphatic carbocycles. The smallest absolute Gasteiger partial charge is 0.254 e. The molecule has 1 amide bonds. The van der Waals surface area contributed by atoms with Gasteiger partial charge < -0.3 is 10.4 Å². The zero-order valence-corrected chi connectivity index (χ0v) is 13.7. The summed E-state index contributed by atoms with van der Waals surface area (Å²) >= 11 is 0. The predicted octanol–water partition coefficient (Wildman–Crippen LogP) is 1.71. The maximum atomic E-state index is 12.7. The number of nitrogens with zero attached hydrogens (tertiary/aromatic N) is 3. The lowest BCUT2D eigenvalue weighted by Gasteiger charge is -2.30. The van der Waals surface area contributed by atoms with Gasteiger partial charge in [-0.3, -0.25) is 9.78 Å². The molecule has 0 saturated heterocycles. The first kappa shape index (κ1) is 15.3. The summed E-state index contributed by atoms with van der Waals surface area (Å²) in [5.41, 5.74) is 2.28. The minimum absolute atomic E-state index is 0.0879. The third-order valence-corrected chi connectivity index (χ3v) is 5.76. The van der Waals surface area contributed by atoms with E-state index in [0.29, 0.717) is 17.4 Å². The highest BCUT2D eigenvalue weighted by Crippen LogP contribution is 2.48. The van der Waals surface area contributed by atoms with Crippen LogP contribution in [0.3, 0.4) is 0 Å². The number of amides is 1. The van der Waals surface area contributed by atoms with Gasteiger partial charge in [0.25, 0.3) is 5.91 Å². The molecular weight excluding hydrogens is 304 g/mol. The number of hydrogen-bond donors (Lipinski definition) is 2. The summed E-state index contributed by atoms with van der Waals surface area (Å²) in [5, 5.41) is 17.2. The highest BCUT2D eigenvalue weighted by Gasteiger charge is 2.47. The second-order valence-corrected chi connectivity index (χ2v) is 6.94. The number of aliphatic hydroxyl groups excluding tert-OH is 1. The fraction of sp³-hybridized carbons (Fsp3) is 0.500. The summed E-state index contributed by atoms with van der Waals surface area (Å²) in [4.78, 5) is 16.8. The van der Waals surface area contributed by atoms with Gasteiger partial charge in [0.05, 0.1) is 23.1 Å². The number of nitrogens with one attached hydrogen (secondary N) is 1. The van der Waals surface area contributed by atoms with Crippen LogP contribution in [0.4, 0.5) is 0 Å². The normalized spacial score (nSPS) is 28.2. The lowest BCUT2D eigenvalue weighted by Crippen LogP contribution is -2.45. The summed E-state index contributed by atoms with van der Waals surface area (Å²) < 4.78 is 1.75. The van der Waals surface area contributed by atoms with Crippen molar-refractivity contribution in [1.29, 1.82) is 0 Å². The molecule has 2 aromatic heterocycles. The minimum Gasteiger partial charge on any atom is -0.396 e. The predicted molar refractivity (Wildman–Crippen MR) is 88.8 cm³/mol. The van der Waals surface area contributed by atoms with E-state index in [1.807, 2.05) is 19.1 Å². The molecular formula is C18H22N4O2. The quantitative estimate of drug-likeness (QED) is 0.896. The van der Waals surface area contributed by atoms with E-state index in [9.17, 15) is 9.90 Å². The maximum absolute atomic E-state index is 12.7. The first-order chi connectivity index (χ1) is 11.7. The second-order valence-electron chi connectivity index (χ2n) is 6.94. The SMILES string of the molecule is Cc1c(C(=O)NC2C3CCC(C3)C2CO)cnn1-c1ccncc1. The zero-order valence-electron chi connectivity index (χ0n) is 13.7. The van der Waals surface area contributed by atoms with Crippen molar-refractivity contribution in [2.75, 3.05) is 6.61 Å². The molecule has 6 nitrogen and oxygen atoms in total. The number of fused-ring (bicyclic) bond motifs is 2. The molecule has 4 atom stereocenters. The van der Waals surface area contributed by atoms with Gasteiger partial charge in [0, 0.05) is 31.0 Å². The molecule has 2 saturated carbocycles. The molecule has 0 aliphatic heterocycles. The molecule has 6 heteroatoms. The Balaban J connectivity index is 1.54. The number of aliphatic hydroxyl groups is 1. The molecule has 0 spiro atoms. The van der Waals surface area contributed by atoms with E-state index >= 15 is 0 Å². The van der Waals surface area contributed by atoms with E-state index in [2.05, 4.69) is 15.4 Å². The fourth-order valence-electron chi connectivity index (χ4n) is 4.51. The van der Waals surface area contributed by atoms with E-state index in [1.165, 1.54) is 6.42 Å². The minimum atomic E-state index is -0.0937. The van der Waals surface area contributed by atoms with E-state index in [1.54, 1.807) is 23.3 Å². The van der Waals surface area contributed by atoms with E-state index < -0.39 is 0 Å². The standard InChI is InChI=1S/C18H22N4O2/c1-11-15(9-20-22(11)14-4-6-19-7-5-14)18(24)21-17-13-3-2-12(8-13)16(17)10-23/h4-7,9,12-13,16-17,23H,2-3,8,10H2,1H3,(H,21,24). The van der Waals surface area contributed by atoms with Crippen molar-refractivity contribution in [3.05, 3.63) is 42.0 Å². The average molecular weight is 326 g/mol. The largest absolute Gasteiger partial charge is 0.396 e. The Hall–Kier alpha value is -2.21. The average Bonchev–Trinajstić information content (AvgIpc) is 3.30. The van der Waals surface area contributed by atoms with Crippen LogP contribution in [0.5, 0.6) is 0 Å². The number of pyridine rings is 1. The van der Waals surface area contributed by atoms with Crippen molar-refractivity contribution in [2.24, 2.45) is 17.8 Å². The van der Waals surface area contributed by atoms with Crippen LogP contribution >= 0.6 is 0 Å². The molecule has 0 radical (unpaired) electrons. The monoisotopic (exact) mass is 326 g/mol. The summed E-state index contributed by atoms with van der Waals surface area (Å²) in [6.45, 7) is 2.05. The molecule has 2 N–H and O–H groups in total. The highest BCUT2D eigenvalue weighted by atomic mass is 16.3. The van der Waals surface area contributed by atoms with Crippen LogP contribution in [0.1, 0.15) is 35.3 Å². The van der Waals surface area contributed by atoms with Gasteiger partial charge in [-0.25, -0.2) is 4.68 Å². The molecule has 2 bridgehead atoms. The van der Waals surface area contributed by atoms with Crippen LogP contribution < -0.4 is 5.32 Å². The lowest BCUT2D eigenvalue weighted by molar-refractivity contribution is 0.0861. The molecule has 2 aliphatic rings. The van der Waals surface area contributed by atoms with Crippen LogP contribution in [0.15, 0.2) is 30.7 Å². The first-order valence-electron chi connectivity index (χ1n) is 8.55. The Morgan fingerprint density at radius 2 is 2.08 bits per heavy atom. The third kappa shape index (κ3) is 2.41. The van der Waals surface area contributed by atoms with Gasteiger partial charge in [0.15, 0.2) is 0 Å². The van der Waals surface area contributed by atoms with Crippen molar-refractivity contribution in [2.45, 2.75) is 32.2 Å². The number of hydrogen-bond acceptors (Lipinski definition) is 4. The van der Waals surface area contributed by atoms with Gasteiger partial charge in [-0.15, -0.1) is 0 Å². The Morgan fingerprint density at radius 1 is 1.33 bits per heavy atom. The van der Waals surface area contributed by atoms with E-state index in [0.717, 1.165) is 24.2 Å². The number of carbonyl (C=O) groups excluding carboxylic acids is 1. The van der Waals surface area contributed by atoms with Gasteiger partial charge in [-0.2, -0.15) is 5.10 Å². The van der Waals surface area contributed by atoms with Gasteiger partial charge >= 0.3 is 0 Å². The van der Waals surface area contributed by atoms with Gasteiger partial charge in [0.2, 0.25) is 0 Å². The van der Waals surface area contributed by atoms with Crippen molar-refractivity contribution in [3.8, 4) is 5.69 Å². The van der Waals surface area contributed by atoms with Crippen LogP contribution in [-0.4, -0.2) is 38.4 Å². The van der Waals surface area contributed by atoms with Crippen LogP contribution in [0, 0.1) is 24.7 Å². The lowest BCUT2D eigenvalue weighted by atomic mass is 9.85. The highest BCUT2D eigenvalue weighted by molar-refractivity contribution is 5.95. The summed E-state index contributed by atoms with van der Waals surface area (Å²) in [6, 6.07) is 3.81. The second kappa shape index (κ2) is 6.02. The van der Waals surface area contributed by atoms with Crippen LogP contribution in [0.2, 0.25) is 0 Å². The van der Waals surface area contributed by atoms with Crippen molar-refractivity contribution in [3.63, 3.8) is 0 Å². The molecule has 126 valence electrons. The summed E-state index contributed by atoms with van der Waals surface area (Å²) in [6.07, 6.45) is 8.49. The maximum Gasteiger partial charge on any atom is 0.254 e. The van der Waals surface area contributed by atoms with Gasteiger partial charge in [-0.05, 0) is 50.2 Å². The molecule has 24 heavy (non-hydrogen) atoms. The van der Waals surface area contributed by atoms with Crippen LogP contribution in [-0.2, 0) is 0 Å². The Labute approximate surface area is 140 Å². The number of aromatic nitrogens is 3. The first-order valence-corrected chi connectivity index (χ1v) is 8.55. The van der Waals surface area contributed by atoms with E-state index in [4.69, 9.17) is 0 Å². The zero-order chi connectivity index (χ0) is 16.7. The van der Waals surface area contributed by atoms with Crippen LogP contribution in [0.25, 0.3) is 5.69 Å². The molecule has 2 heterocycles. The Bertz CT molecular complexity index is 743. The van der Waals surface area contributed by atoms with Crippen molar-refractivity contribution >= 4 is 5.91 Å². The van der Waals surface area contributed by atoms with Crippen molar-refractivity contribution in [1.82, 2.24) is 20.1 Å². The molecule has 4 unspecified atom stereocenters. The number of rotatable bonds is 4. The Morgan fingerprint density at radius 3 is 2.83 bits per heavy atom. The van der Waals surface area contributed by atoms with Crippen molar-refractivity contribution < 1.29 is 9.90 Å². The molecule has 2 aromatic rings. The van der Waals surface area contributed by atoms with E-state index in [-0.39, 0.29) is 24.5 Å². The third-order valence-electron chi connectivity index (χ3n) is 5.76. The molecule has 2 fully saturated rings. The number of carbonyl (C=O) groups is 1.